The third-order valence-corrected chi connectivity index (χ3v) is 4.66. The van der Waals surface area contributed by atoms with Crippen LogP contribution < -0.4 is 10.2 Å². The lowest BCUT2D eigenvalue weighted by Gasteiger charge is -2.17. The summed E-state index contributed by atoms with van der Waals surface area (Å²) in [5.74, 6) is -0.309. The minimum atomic E-state index is -0.225. The van der Waals surface area contributed by atoms with Crippen molar-refractivity contribution in [2.75, 3.05) is 11.4 Å². The summed E-state index contributed by atoms with van der Waals surface area (Å²) in [4.78, 5) is 31.4. The van der Waals surface area contributed by atoms with Crippen LogP contribution in [0.15, 0.2) is 72.9 Å². The van der Waals surface area contributed by atoms with Gasteiger partial charge in [-0.15, -0.1) is 0 Å². The first kappa shape index (κ1) is 17.0. The average molecular weight is 357 g/mol. The third-order valence-electron chi connectivity index (χ3n) is 4.66. The first-order chi connectivity index (χ1) is 13.2. The Morgan fingerprint density at radius 1 is 0.963 bits per heavy atom. The van der Waals surface area contributed by atoms with Crippen LogP contribution in [0.5, 0.6) is 0 Å². The molecule has 3 aromatic rings. The van der Waals surface area contributed by atoms with Crippen molar-refractivity contribution in [2.45, 2.75) is 13.0 Å². The number of hydrogen-bond acceptors (Lipinski definition) is 3. The fourth-order valence-corrected chi connectivity index (χ4v) is 3.27. The lowest BCUT2D eigenvalue weighted by molar-refractivity contribution is 0.0950. The normalized spacial score (nSPS) is 12.5. The van der Waals surface area contributed by atoms with Gasteiger partial charge in [0.15, 0.2) is 0 Å². The Balaban J connectivity index is 1.49. The van der Waals surface area contributed by atoms with Gasteiger partial charge in [0.25, 0.3) is 11.8 Å². The van der Waals surface area contributed by atoms with E-state index in [0.717, 1.165) is 17.8 Å². The van der Waals surface area contributed by atoms with Gasteiger partial charge >= 0.3 is 0 Å². The standard InChI is InChI=1S/C22H19N3O2/c26-21(24-15-19-9-3-4-12-23-19)17-7-5-8-18(14-17)22(27)25-13-11-16-6-1-2-10-20(16)25/h1-10,12,14H,11,13,15H2,(H,24,26). The van der Waals surface area contributed by atoms with Gasteiger partial charge in [0.1, 0.15) is 0 Å². The summed E-state index contributed by atoms with van der Waals surface area (Å²) < 4.78 is 0. The Bertz CT molecular complexity index is 986. The summed E-state index contributed by atoms with van der Waals surface area (Å²) in [6.45, 7) is 1.01. The lowest BCUT2D eigenvalue weighted by atomic mass is 10.1. The Kier molecular flexibility index (Phi) is 4.66. The largest absolute Gasteiger partial charge is 0.346 e. The minimum Gasteiger partial charge on any atom is -0.346 e. The Morgan fingerprint density at radius 3 is 2.63 bits per heavy atom. The zero-order chi connectivity index (χ0) is 18.6. The van der Waals surface area contributed by atoms with E-state index in [2.05, 4.69) is 10.3 Å². The molecule has 5 nitrogen and oxygen atoms in total. The van der Waals surface area contributed by atoms with Crippen LogP contribution in [-0.2, 0) is 13.0 Å². The van der Waals surface area contributed by atoms with E-state index in [-0.39, 0.29) is 11.8 Å². The number of para-hydroxylation sites is 1. The van der Waals surface area contributed by atoms with Crippen molar-refractivity contribution in [3.05, 3.63) is 95.3 Å². The number of rotatable bonds is 4. The molecule has 0 unspecified atom stereocenters. The van der Waals surface area contributed by atoms with Gasteiger partial charge in [-0.3, -0.25) is 14.6 Å². The molecule has 1 N–H and O–H groups in total. The summed E-state index contributed by atoms with van der Waals surface area (Å²) in [7, 11) is 0. The molecule has 0 spiro atoms. The first-order valence-corrected chi connectivity index (χ1v) is 8.90. The fourth-order valence-electron chi connectivity index (χ4n) is 3.27. The van der Waals surface area contributed by atoms with Gasteiger partial charge in [-0.05, 0) is 48.4 Å². The minimum absolute atomic E-state index is 0.0840. The molecule has 27 heavy (non-hydrogen) atoms. The van der Waals surface area contributed by atoms with Gasteiger partial charge in [-0.25, -0.2) is 0 Å². The van der Waals surface area contributed by atoms with Crippen molar-refractivity contribution in [3.8, 4) is 0 Å². The van der Waals surface area contributed by atoms with Crippen molar-refractivity contribution in [3.63, 3.8) is 0 Å². The number of anilines is 1. The second kappa shape index (κ2) is 7.41. The van der Waals surface area contributed by atoms with Crippen molar-refractivity contribution in [2.24, 2.45) is 0 Å². The van der Waals surface area contributed by atoms with Gasteiger partial charge in [-0.2, -0.15) is 0 Å². The maximum Gasteiger partial charge on any atom is 0.258 e. The predicted molar refractivity (Wildman–Crippen MR) is 104 cm³/mol. The number of hydrogen-bond donors (Lipinski definition) is 1. The molecule has 1 aliphatic rings. The maximum absolute atomic E-state index is 12.9. The van der Waals surface area contributed by atoms with Gasteiger partial charge in [-0.1, -0.05) is 30.3 Å². The zero-order valence-corrected chi connectivity index (χ0v) is 14.8. The van der Waals surface area contributed by atoms with Crippen LogP contribution >= 0.6 is 0 Å². The number of nitrogens with zero attached hydrogens (tertiary/aromatic N) is 2. The van der Waals surface area contributed by atoms with Gasteiger partial charge in [0, 0.05) is 29.6 Å². The van der Waals surface area contributed by atoms with Crippen molar-refractivity contribution in [1.82, 2.24) is 10.3 Å². The monoisotopic (exact) mass is 357 g/mol. The average Bonchev–Trinajstić information content (AvgIpc) is 3.16. The molecular formula is C22H19N3O2. The lowest BCUT2D eigenvalue weighted by Crippen LogP contribution is -2.29. The van der Waals surface area contributed by atoms with E-state index in [0.29, 0.717) is 24.2 Å². The highest BCUT2D eigenvalue weighted by Gasteiger charge is 2.25. The third kappa shape index (κ3) is 3.58. The zero-order valence-electron chi connectivity index (χ0n) is 14.8. The molecule has 134 valence electrons. The molecule has 2 amide bonds. The molecule has 2 aromatic carbocycles. The molecule has 1 aromatic heterocycles. The molecule has 0 radical (unpaired) electrons. The van der Waals surface area contributed by atoms with Gasteiger partial charge < -0.3 is 10.2 Å². The van der Waals surface area contributed by atoms with Gasteiger partial charge in [0.05, 0.1) is 12.2 Å². The smallest absolute Gasteiger partial charge is 0.258 e. The number of aromatic nitrogens is 1. The number of nitrogens with one attached hydrogen (secondary N) is 1. The highest BCUT2D eigenvalue weighted by Crippen LogP contribution is 2.28. The number of carbonyl (C=O) groups excluding carboxylic acids is 2. The summed E-state index contributed by atoms with van der Waals surface area (Å²) in [6.07, 6.45) is 2.54. The molecule has 0 atom stereocenters. The molecule has 1 aliphatic heterocycles. The highest BCUT2D eigenvalue weighted by molar-refractivity contribution is 6.08. The number of pyridine rings is 1. The van der Waals surface area contributed by atoms with E-state index in [1.165, 1.54) is 5.56 Å². The van der Waals surface area contributed by atoms with Crippen LogP contribution in [0.4, 0.5) is 5.69 Å². The predicted octanol–water partition coefficient (Wildman–Crippen LogP) is 3.21. The Hall–Kier alpha value is -3.47. The molecule has 0 saturated heterocycles. The number of carbonyl (C=O) groups is 2. The van der Waals surface area contributed by atoms with E-state index in [1.54, 1.807) is 35.4 Å². The van der Waals surface area contributed by atoms with Crippen LogP contribution in [0.25, 0.3) is 0 Å². The maximum atomic E-state index is 12.9. The number of fused-ring (bicyclic) bond motifs is 1. The van der Waals surface area contributed by atoms with Crippen LogP contribution in [-0.4, -0.2) is 23.3 Å². The van der Waals surface area contributed by atoms with E-state index in [9.17, 15) is 9.59 Å². The van der Waals surface area contributed by atoms with Gasteiger partial charge in [0.2, 0.25) is 0 Å². The molecule has 0 saturated carbocycles. The SMILES string of the molecule is O=C(NCc1ccccn1)c1cccc(C(=O)N2CCc3ccccc32)c1. The van der Waals surface area contributed by atoms with Crippen LogP contribution in [0.2, 0.25) is 0 Å². The van der Waals surface area contributed by atoms with Crippen molar-refractivity contribution < 1.29 is 9.59 Å². The van der Waals surface area contributed by atoms with E-state index in [4.69, 9.17) is 0 Å². The molecule has 4 rings (SSSR count). The van der Waals surface area contributed by atoms with E-state index < -0.39 is 0 Å². The molecule has 0 aliphatic carbocycles. The van der Waals surface area contributed by atoms with Crippen LogP contribution in [0, 0.1) is 0 Å². The second-order valence-corrected chi connectivity index (χ2v) is 6.42. The quantitative estimate of drug-likeness (QED) is 0.780. The second-order valence-electron chi connectivity index (χ2n) is 6.42. The molecular weight excluding hydrogens is 338 g/mol. The summed E-state index contributed by atoms with van der Waals surface area (Å²) in [5, 5.41) is 2.84. The Labute approximate surface area is 157 Å². The summed E-state index contributed by atoms with van der Waals surface area (Å²) in [5.41, 5.74) is 3.89. The van der Waals surface area contributed by atoms with E-state index >= 15 is 0 Å². The molecule has 5 heteroatoms. The topological polar surface area (TPSA) is 62.3 Å². The molecule has 2 heterocycles. The fraction of sp³-hybridized carbons (Fsp3) is 0.136. The summed E-state index contributed by atoms with van der Waals surface area (Å²) >= 11 is 0. The Morgan fingerprint density at radius 2 is 1.78 bits per heavy atom. The number of amides is 2. The van der Waals surface area contributed by atoms with Crippen LogP contribution in [0.1, 0.15) is 32.0 Å². The van der Waals surface area contributed by atoms with Crippen LogP contribution in [0.3, 0.4) is 0 Å². The van der Waals surface area contributed by atoms with Crippen molar-refractivity contribution >= 4 is 17.5 Å². The number of benzene rings is 2. The molecule has 0 bridgehead atoms. The van der Waals surface area contributed by atoms with Crippen molar-refractivity contribution in [1.29, 1.82) is 0 Å². The summed E-state index contributed by atoms with van der Waals surface area (Å²) in [6, 6.07) is 20.3. The highest BCUT2D eigenvalue weighted by atomic mass is 16.2. The molecule has 0 fully saturated rings. The first-order valence-electron chi connectivity index (χ1n) is 8.90. The van der Waals surface area contributed by atoms with E-state index in [1.807, 2.05) is 42.5 Å².